The van der Waals surface area contributed by atoms with Crippen LogP contribution >= 0.6 is 23.1 Å². The molecule has 2 aromatic rings. The second kappa shape index (κ2) is 12.6. The standard InChI is InChI=1S/C24H21N7O12S2/c1-24(2,21(34)35)43-28-15(13-9-45-22(25)26-13)17(32)27-16-18(33)29-19(42-23(36)37)11(8-44-20(16)29)4-3-10-5-6-12(30(38)39)7-14(10)31(40)41/h3-7,9,16,20H,8H2,1-2H3,(H2,25,26)(H,27,32)(H,34,35)(H,36,37)/t16?,20-/m0/s1. The third-order valence-electron chi connectivity index (χ3n) is 6.16. The SMILES string of the molecule is CC(C)(ON=C(C(=O)NC1C(=O)N2C(OC(=O)O)=C(C=Cc3ccc([N+](=O)[O-])cc3[N+](=O)[O-])CS[C@@H]12)c1csc(N)n1)C(=O)O. The Hall–Kier alpha value is -5.57. The van der Waals surface area contributed by atoms with Gasteiger partial charge in [0.25, 0.3) is 23.2 Å². The minimum Gasteiger partial charge on any atom is -0.478 e. The largest absolute Gasteiger partial charge is 0.512 e. The topological polar surface area (TPSA) is 280 Å². The van der Waals surface area contributed by atoms with Crippen molar-refractivity contribution in [3.8, 4) is 0 Å². The molecule has 45 heavy (non-hydrogen) atoms. The van der Waals surface area contributed by atoms with Crippen molar-refractivity contribution < 1.29 is 48.8 Å². The van der Waals surface area contributed by atoms with Crippen LogP contribution in [-0.4, -0.2) is 82.4 Å². The van der Waals surface area contributed by atoms with E-state index in [-0.39, 0.29) is 27.7 Å². The number of nitrogens with zero attached hydrogens (tertiary/aromatic N) is 5. The number of thiazole rings is 1. The normalized spacial score (nSPS) is 18.2. The Balaban J connectivity index is 1.60. The number of anilines is 1. The van der Waals surface area contributed by atoms with Gasteiger partial charge in [-0.2, -0.15) is 0 Å². The molecular formula is C24H21N7O12S2. The van der Waals surface area contributed by atoms with Gasteiger partial charge in [0.1, 0.15) is 17.1 Å². The molecule has 0 aliphatic carbocycles. The monoisotopic (exact) mass is 663 g/mol. The Morgan fingerprint density at radius 3 is 2.51 bits per heavy atom. The van der Waals surface area contributed by atoms with Gasteiger partial charge in [0.15, 0.2) is 10.8 Å². The molecule has 1 fully saturated rings. The molecule has 1 saturated heterocycles. The van der Waals surface area contributed by atoms with Crippen LogP contribution in [0, 0.1) is 20.2 Å². The van der Waals surface area contributed by atoms with Gasteiger partial charge in [-0.3, -0.25) is 34.7 Å². The highest BCUT2D eigenvalue weighted by Crippen LogP contribution is 2.41. The molecule has 0 saturated carbocycles. The molecule has 1 aromatic carbocycles. The first-order valence-corrected chi connectivity index (χ1v) is 14.2. The summed E-state index contributed by atoms with van der Waals surface area (Å²) in [7, 11) is 0. The smallest absolute Gasteiger partial charge is 0.478 e. The summed E-state index contributed by atoms with van der Waals surface area (Å²) < 4.78 is 4.88. The number of hydrogen-bond donors (Lipinski definition) is 4. The second-order valence-corrected chi connectivity index (χ2v) is 11.6. The number of nitro benzene ring substituents is 2. The van der Waals surface area contributed by atoms with E-state index in [1.165, 1.54) is 31.4 Å². The van der Waals surface area contributed by atoms with E-state index in [1.54, 1.807) is 0 Å². The number of allylic oxidation sites excluding steroid dienone is 1. The van der Waals surface area contributed by atoms with E-state index in [4.69, 9.17) is 15.3 Å². The molecule has 0 bridgehead atoms. The van der Waals surface area contributed by atoms with Crippen molar-refractivity contribution in [2.45, 2.75) is 30.9 Å². The quantitative estimate of drug-likeness (QED) is 0.0881. The van der Waals surface area contributed by atoms with E-state index in [0.717, 1.165) is 46.2 Å². The number of nitrogens with one attached hydrogen (secondary N) is 1. The average molecular weight is 664 g/mol. The third kappa shape index (κ3) is 6.83. The predicted octanol–water partition coefficient (Wildman–Crippen LogP) is 2.15. The van der Waals surface area contributed by atoms with Crippen LogP contribution in [0.15, 0.2) is 46.3 Å². The number of ether oxygens (including phenoxy) is 1. The minimum atomic E-state index is -1.83. The molecule has 2 aliphatic rings. The Morgan fingerprint density at radius 1 is 1.22 bits per heavy atom. The number of thioether (sulfide) groups is 1. The maximum atomic E-state index is 13.2. The Bertz CT molecular complexity index is 1720. The van der Waals surface area contributed by atoms with E-state index >= 15 is 0 Å². The molecule has 4 rings (SSSR count). The number of amides is 2. The molecule has 2 aliphatic heterocycles. The summed E-state index contributed by atoms with van der Waals surface area (Å²) in [6, 6.07) is 1.75. The highest BCUT2D eigenvalue weighted by atomic mass is 32.2. The maximum absolute atomic E-state index is 13.2. The van der Waals surface area contributed by atoms with Crippen LogP contribution in [0.3, 0.4) is 0 Å². The zero-order chi connectivity index (χ0) is 33.2. The van der Waals surface area contributed by atoms with E-state index in [2.05, 4.69) is 15.5 Å². The molecule has 3 heterocycles. The third-order valence-corrected chi connectivity index (χ3v) is 8.14. The van der Waals surface area contributed by atoms with Gasteiger partial charge in [0, 0.05) is 22.8 Å². The highest BCUT2D eigenvalue weighted by Gasteiger charge is 2.54. The first kappa shape index (κ1) is 32.3. The van der Waals surface area contributed by atoms with Crippen molar-refractivity contribution >= 4 is 75.3 Å². The lowest BCUT2D eigenvalue weighted by Crippen LogP contribution is -2.70. The molecule has 0 spiro atoms. The van der Waals surface area contributed by atoms with Crippen molar-refractivity contribution in [2.75, 3.05) is 11.5 Å². The van der Waals surface area contributed by atoms with Crippen LogP contribution in [-0.2, 0) is 24.0 Å². The van der Waals surface area contributed by atoms with Gasteiger partial charge in [0.2, 0.25) is 11.5 Å². The number of aromatic nitrogens is 1. The maximum Gasteiger partial charge on any atom is 0.512 e. The minimum absolute atomic E-state index is 0.0141. The van der Waals surface area contributed by atoms with Crippen molar-refractivity contribution in [1.82, 2.24) is 15.2 Å². The molecule has 1 unspecified atom stereocenters. The lowest BCUT2D eigenvalue weighted by Gasteiger charge is -2.48. The van der Waals surface area contributed by atoms with Crippen molar-refractivity contribution in [3.63, 3.8) is 0 Å². The summed E-state index contributed by atoms with van der Waals surface area (Å²) in [6.45, 7) is 2.38. The van der Waals surface area contributed by atoms with Crippen LogP contribution in [0.2, 0.25) is 0 Å². The fraction of sp³-hybridized carbons (Fsp3) is 0.250. The summed E-state index contributed by atoms with van der Waals surface area (Å²) in [5.74, 6) is -3.53. The number of carboxylic acid groups (broad SMARTS) is 2. The number of β-lactam (4-membered cyclic amide) rings is 1. The van der Waals surface area contributed by atoms with Gasteiger partial charge in [-0.05, 0) is 26.0 Å². The number of carboxylic acids is 1. The number of nitrogens with two attached hydrogens (primary N) is 1. The van der Waals surface area contributed by atoms with Crippen LogP contribution in [0.5, 0.6) is 0 Å². The fourth-order valence-corrected chi connectivity index (χ4v) is 5.68. The predicted molar refractivity (Wildman–Crippen MR) is 156 cm³/mol. The number of carbonyl (C=O) groups is 4. The number of aliphatic carboxylic acids is 1. The number of nitro groups is 2. The summed E-state index contributed by atoms with van der Waals surface area (Å²) >= 11 is 2.06. The number of nitrogen functional groups attached to an aromatic ring is 1. The van der Waals surface area contributed by atoms with Gasteiger partial charge in [0.05, 0.1) is 21.5 Å². The van der Waals surface area contributed by atoms with Crippen molar-refractivity contribution in [1.29, 1.82) is 0 Å². The molecular weight excluding hydrogens is 642 g/mol. The average Bonchev–Trinajstić information content (AvgIpc) is 3.39. The summed E-state index contributed by atoms with van der Waals surface area (Å²) in [4.78, 5) is 80.2. The van der Waals surface area contributed by atoms with Gasteiger partial charge >= 0.3 is 12.1 Å². The molecule has 5 N–H and O–H groups in total. The number of rotatable bonds is 11. The number of non-ortho nitro benzene ring substituents is 1. The van der Waals surface area contributed by atoms with Crippen LogP contribution in [0.1, 0.15) is 25.1 Å². The zero-order valence-electron chi connectivity index (χ0n) is 22.9. The molecule has 21 heteroatoms. The summed E-state index contributed by atoms with van der Waals surface area (Å²) in [6.07, 6.45) is 0.721. The Labute approximate surface area is 259 Å². The first-order valence-electron chi connectivity index (χ1n) is 12.3. The van der Waals surface area contributed by atoms with Crippen molar-refractivity contribution in [2.24, 2.45) is 5.16 Å². The lowest BCUT2D eigenvalue weighted by molar-refractivity contribution is -0.394. The van der Waals surface area contributed by atoms with Crippen LogP contribution < -0.4 is 11.1 Å². The Morgan fingerprint density at radius 2 is 1.93 bits per heavy atom. The molecule has 2 amide bonds. The van der Waals surface area contributed by atoms with E-state index < -0.39 is 73.8 Å². The zero-order valence-corrected chi connectivity index (χ0v) is 24.6. The van der Waals surface area contributed by atoms with Gasteiger partial charge < -0.3 is 30.8 Å². The second-order valence-electron chi connectivity index (χ2n) is 9.57. The summed E-state index contributed by atoms with van der Waals surface area (Å²) in [5.41, 5.74) is 2.29. The number of benzene rings is 1. The highest BCUT2D eigenvalue weighted by molar-refractivity contribution is 8.00. The molecule has 19 nitrogen and oxygen atoms in total. The van der Waals surface area contributed by atoms with E-state index in [9.17, 15) is 49.6 Å². The number of oxime groups is 1. The van der Waals surface area contributed by atoms with Gasteiger partial charge in [-0.15, -0.1) is 23.1 Å². The van der Waals surface area contributed by atoms with E-state index in [1.807, 2.05) is 0 Å². The fourth-order valence-electron chi connectivity index (χ4n) is 3.84. The van der Waals surface area contributed by atoms with Crippen LogP contribution in [0.25, 0.3) is 6.08 Å². The number of hydrogen-bond acceptors (Lipinski definition) is 15. The summed E-state index contributed by atoms with van der Waals surface area (Å²) in [5, 5.41) is 47.8. The molecule has 1 aromatic heterocycles. The number of carbonyl (C=O) groups excluding carboxylic acids is 2. The number of fused-ring (bicyclic) bond motifs is 1. The molecule has 2 atom stereocenters. The first-order chi connectivity index (χ1) is 21.1. The molecule has 236 valence electrons. The van der Waals surface area contributed by atoms with E-state index in [0.29, 0.717) is 0 Å². The Kier molecular flexibility index (Phi) is 9.04. The lowest BCUT2D eigenvalue weighted by atomic mass is 10.0. The van der Waals surface area contributed by atoms with Crippen LogP contribution in [0.4, 0.5) is 21.3 Å². The molecule has 0 radical (unpaired) electrons. The van der Waals surface area contributed by atoms with Gasteiger partial charge in [-0.25, -0.2) is 14.6 Å². The van der Waals surface area contributed by atoms with Crippen molar-refractivity contribution in [3.05, 3.63) is 72.6 Å². The van der Waals surface area contributed by atoms with Gasteiger partial charge in [-0.1, -0.05) is 11.2 Å².